The van der Waals surface area contributed by atoms with Crippen LogP contribution in [0.2, 0.25) is 0 Å². The second-order valence-electron chi connectivity index (χ2n) is 1.07. The predicted octanol–water partition coefficient (Wildman–Crippen LogP) is 0.151. The van der Waals surface area contributed by atoms with E-state index in [0.717, 1.165) is 0 Å². The molecule has 0 saturated heterocycles. The third-order valence-electron chi connectivity index (χ3n) is 0.472. The average molecular weight is 138 g/mol. The lowest BCUT2D eigenvalue weighted by Crippen LogP contribution is -1.96. The van der Waals surface area contributed by atoms with E-state index >= 15 is 0 Å². The molecule has 4 nitrogen and oxygen atoms in total. The second-order valence-corrected chi connectivity index (χ2v) is 1.76. The number of hydrogen-bond acceptors (Lipinski definition) is 4. The molecule has 0 aromatic heterocycles. The molecule has 0 heterocycles. The van der Waals surface area contributed by atoms with E-state index < -0.39 is 14.6 Å². The van der Waals surface area contributed by atoms with Crippen LogP contribution in [0.4, 0.5) is 0 Å². The highest BCUT2D eigenvalue weighted by Crippen LogP contribution is 2.24. The fourth-order valence-electron chi connectivity index (χ4n) is 0.156. The minimum absolute atomic E-state index is 0.167. The van der Waals surface area contributed by atoms with Crippen LogP contribution in [0.5, 0.6) is 0 Å². The van der Waals surface area contributed by atoms with Crippen molar-refractivity contribution in [2.75, 3.05) is 0 Å². The largest absolute Gasteiger partial charge is 0.394 e. The van der Waals surface area contributed by atoms with E-state index in [2.05, 4.69) is 4.52 Å². The molecule has 2 N–H and O–H groups in total. The molecule has 0 aromatic carbocycles. The van der Waals surface area contributed by atoms with Gasteiger partial charge >= 0.3 is 14.6 Å². The summed E-state index contributed by atoms with van der Waals surface area (Å²) >= 11 is 0. The fraction of sp³-hybridized carbons (Fsp3) is 0.667. The lowest BCUT2D eigenvalue weighted by Gasteiger charge is -1.98. The van der Waals surface area contributed by atoms with E-state index in [4.69, 9.17) is 9.79 Å². The Morgan fingerprint density at radius 3 is 2.38 bits per heavy atom. The van der Waals surface area contributed by atoms with Gasteiger partial charge < -0.3 is 14.3 Å². The van der Waals surface area contributed by atoms with Crippen LogP contribution in [-0.2, 0) is 9.32 Å². The third kappa shape index (κ3) is 3.99. The molecule has 0 saturated carbocycles. The van der Waals surface area contributed by atoms with Gasteiger partial charge in [0.25, 0.3) is 0 Å². The SMILES string of the molecule is CCC(=O)OP(O)O. The fourth-order valence-corrected chi connectivity index (χ4v) is 0.467. The molecule has 8 heavy (non-hydrogen) atoms. The van der Waals surface area contributed by atoms with Gasteiger partial charge in [-0.15, -0.1) is 0 Å². The Bertz CT molecular complexity index is 81.4. The summed E-state index contributed by atoms with van der Waals surface area (Å²) in [6, 6.07) is 0. The molecule has 0 atom stereocenters. The molecular formula is C3H7O4P. The normalized spacial score (nSPS) is 9.50. The van der Waals surface area contributed by atoms with Crippen molar-refractivity contribution in [2.24, 2.45) is 0 Å². The first-order valence-electron chi connectivity index (χ1n) is 2.05. The lowest BCUT2D eigenvalue weighted by atomic mass is 10.5. The molecule has 0 aliphatic carbocycles. The van der Waals surface area contributed by atoms with Gasteiger partial charge in [0.15, 0.2) is 0 Å². The molecule has 5 heteroatoms. The first-order chi connectivity index (χ1) is 3.66. The zero-order valence-corrected chi connectivity index (χ0v) is 5.26. The topological polar surface area (TPSA) is 66.8 Å². The van der Waals surface area contributed by atoms with E-state index in [1.54, 1.807) is 6.92 Å². The molecule has 0 aromatic rings. The van der Waals surface area contributed by atoms with Crippen molar-refractivity contribution in [3.63, 3.8) is 0 Å². The zero-order chi connectivity index (χ0) is 6.57. The first kappa shape index (κ1) is 7.82. The molecule has 0 bridgehead atoms. The van der Waals surface area contributed by atoms with Gasteiger partial charge in [-0.1, -0.05) is 6.92 Å². The number of hydrogen-bond donors (Lipinski definition) is 2. The molecule has 0 aliphatic rings. The van der Waals surface area contributed by atoms with Gasteiger partial charge in [0, 0.05) is 6.42 Å². The molecule has 48 valence electrons. The summed E-state index contributed by atoms with van der Waals surface area (Å²) in [5.41, 5.74) is 0. The summed E-state index contributed by atoms with van der Waals surface area (Å²) in [5.74, 6) is -0.596. The summed E-state index contributed by atoms with van der Waals surface area (Å²) in [5, 5.41) is 0. The van der Waals surface area contributed by atoms with Crippen molar-refractivity contribution >= 4 is 14.6 Å². The van der Waals surface area contributed by atoms with Crippen molar-refractivity contribution in [3.8, 4) is 0 Å². The Balaban J connectivity index is 3.25. The van der Waals surface area contributed by atoms with E-state index in [1.807, 2.05) is 0 Å². The van der Waals surface area contributed by atoms with Crippen molar-refractivity contribution < 1.29 is 19.1 Å². The number of rotatable bonds is 2. The maximum atomic E-state index is 10.1. The van der Waals surface area contributed by atoms with Crippen LogP contribution in [0.1, 0.15) is 13.3 Å². The third-order valence-corrected chi connectivity index (χ3v) is 0.839. The molecule has 0 rings (SSSR count). The summed E-state index contributed by atoms with van der Waals surface area (Å²) in [6.07, 6.45) is 0.167. The monoisotopic (exact) mass is 138 g/mol. The van der Waals surface area contributed by atoms with E-state index in [9.17, 15) is 4.79 Å². The van der Waals surface area contributed by atoms with Crippen LogP contribution >= 0.6 is 8.60 Å². The lowest BCUT2D eigenvalue weighted by molar-refractivity contribution is -0.134. The first-order valence-corrected chi connectivity index (χ1v) is 3.22. The average Bonchev–Trinajstić information content (AvgIpc) is 1.65. The Labute approximate surface area is 48.1 Å². The van der Waals surface area contributed by atoms with Gasteiger partial charge in [-0.2, -0.15) is 0 Å². The van der Waals surface area contributed by atoms with Crippen LogP contribution < -0.4 is 0 Å². The molecular weight excluding hydrogens is 131 g/mol. The van der Waals surface area contributed by atoms with Crippen molar-refractivity contribution in [3.05, 3.63) is 0 Å². The minimum atomic E-state index is -2.50. The van der Waals surface area contributed by atoms with Crippen LogP contribution in [0.25, 0.3) is 0 Å². The molecule has 0 unspecified atom stereocenters. The molecule has 0 aliphatic heterocycles. The predicted molar refractivity (Wildman–Crippen MR) is 27.7 cm³/mol. The smallest absolute Gasteiger partial charge is 0.393 e. The Morgan fingerprint density at radius 1 is 1.75 bits per heavy atom. The Morgan fingerprint density at radius 2 is 2.25 bits per heavy atom. The highest BCUT2D eigenvalue weighted by atomic mass is 31.2. The molecule has 0 amide bonds. The molecule has 0 fully saturated rings. The maximum absolute atomic E-state index is 10.1. The standard InChI is InChI=1S/C3H7O4P/c1-2-3(4)7-8(5)6/h5-6H,2H2,1H3. The highest BCUT2D eigenvalue weighted by molar-refractivity contribution is 7.40. The van der Waals surface area contributed by atoms with Gasteiger partial charge in [0.1, 0.15) is 0 Å². The van der Waals surface area contributed by atoms with Crippen LogP contribution in [0.3, 0.4) is 0 Å². The Hall–Kier alpha value is -0.180. The summed E-state index contributed by atoms with van der Waals surface area (Å²) in [4.78, 5) is 26.2. The van der Waals surface area contributed by atoms with Gasteiger partial charge in [0.05, 0.1) is 0 Å². The summed E-state index contributed by atoms with van der Waals surface area (Å²) in [6.45, 7) is 1.57. The summed E-state index contributed by atoms with van der Waals surface area (Å²) < 4.78 is 3.94. The number of carbonyl (C=O) groups excluding carboxylic acids is 1. The van der Waals surface area contributed by atoms with Crippen LogP contribution in [0, 0.1) is 0 Å². The quantitative estimate of drug-likeness (QED) is 0.533. The van der Waals surface area contributed by atoms with Crippen molar-refractivity contribution in [1.82, 2.24) is 0 Å². The van der Waals surface area contributed by atoms with Crippen molar-refractivity contribution in [1.29, 1.82) is 0 Å². The summed E-state index contributed by atoms with van der Waals surface area (Å²) in [7, 11) is -2.50. The Kier molecular flexibility index (Phi) is 3.69. The van der Waals surface area contributed by atoms with Crippen LogP contribution in [0.15, 0.2) is 0 Å². The van der Waals surface area contributed by atoms with Crippen LogP contribution in [-0.4, -0.2) is 15.8 Å². The zero-order valence-electron chi connectivity index (χ0n) is 4.37. The van der Waals surface area contributed by atoms with E-state index in [0.29, 0.717) is 0 Å². The highest BCUT2D eigenvalue weighted by Gasteiger charge is 2.04. The molecule has 0 spiro atoms. The van der Waals surface area contributed by atoms with E-state index in [-0.39, 0.29) is 6.42 Å². The number of carbonyl (C=O) groups is 1. The van der Waals surface area contributed by atoms with Gasteiger partial charge in [-0.05, 0) is 0 Å². The second kappa shape index (κ2) is 3.78. The van der Waals surface area contributed by atoms with E-state index in [1.165, 1.54) is 0 Å². The van der Waals surface area contributed by atoms with Gasteiger partial charge in [-0.3, -0.25) is 4.79 Å². The minimum Gasteiger partial charge on any atom is -0.394 e. The van der Waals surface area contributed by atoms with Gasteiger partial charge in [-0.25, -0.2) is 0 Å². The van der Waals surface area contributed by atoms with Gasteiger partial charge in [0.2, 0.25) is 0 Å². The molecule has 0 radical (unpaired) electrons. The maximum Gasteiger partial charge on any atom is 0.393 e. The van der Waals surface area contributed by atoms with Crippen molar-refractivity contribution in [2.45, 2.75) is 13.3 Å².